The lowest BCUT2D eigenvalue weighted by Crippen LogP contribution is -2.47. The minimum absolute atomic E-state index is 0.0996. The number of aliphatic carboxylic acids is 1. The van der Waals surface area contributed by atoms with Crippen LogP contribution in [0, 0.1) is 0 Å². The van der Waals surface area contributed by atoms with Crippen molar-refractivity contribution in [1.29, 1.82) is 0 Å². The Morgan fingerprint density at radius 1 is 1.39 bits per heavy atom. The summed E-state index contributed by atoms with van der Waals surface area (Å²) in [6.45, 7) is 1.26. The first-order chi connectivity index (χ1) is 8.32. The van der Waals surface area contributed by atoms with Gasteiger partial charge in [-0.05, 0) is 41.1 Å². The summed E-state index contributed by atoms with van der Waals surface area (Å²) in [4.78, 5) is 22.5. The van der Waals surface area contributed by atoms with Crippen LogP contribution >= 0.6 is 15.9 Å². The highest BCUT2D eigenvalue weighted by molar-refractivity contribution is 9.10. The van der Waals surface area contributed by atoms with E-state index in [1.807, 2.05) is 0 Å². The minimum atomic E-state index is -1.40. The average molecular weight is 318 g/mol. The third kappa shape index (κ3) is 3.44. The Hall–Kier alpha value is -1.60. The molecule has 0 radical (unpaired) electrons. The van der Waals surface area contributed by atoms with Gasteiger partial charge in [0.2, 0.25) is 0 Å². The number of aliphatic hydroxyl groups excluding tert-OH is 1. The lowest BCUT2D eigenvalue weighted by atomic mass is 10.1. The van der Waals surface area contributed by atoms with Gasteiger partial charge in [-0.1, -0.05) is 0 Å². The van der Waals surface area contributed by atoms with E-state index in [0.717, 1.165) is 0 Å². The molecule has 1 rings (SSSR count). The molecule has 4 N–H and O–H groups in total. The summed E-state index contributed by atoms with van der Waals surface area (Å²) < 4.78 is 0.421. The fraction of sp³-hybridized carbons (Fsp3) is 0.273. The molecule has 1 aromatic rings. The number of aliphatic hydroxyl groups is 1. The van der Waals surface area contributed by atoms with Crippen LogP contribution in [0.3, 0.4) is 0 Å². The number of nitrogens with one attached hydrogen (secondary N) is 1. The second-order valence-corrected chi connectivity index (χ2v) is 4.55. The number of hydrogen-bond acceptors (Lipinski definition) is 4. The number of amides is 1. The zero-order valence-corrected chi connectivity index (χ0v) is 11.0. The molecule has 0 aliphatic rings. The number of carboxylic acid groups (broad SMARTS) is 1. The zero-order chi connectivity index (χ0) is 13.9. The molecule has 0 saturated carbocycles. The summed E-state index contributed by atoms with van der Waals surface area (Å²) in [5.74, 6) is -2.16. The molecule has 1 amide bonds. The van der Waals surface area contributed by atoms with Gasteiger partial charge in [0.15, 0.2) is 6.04 Å². The summed E-state index contributed by atoms with van der Waals surface area (Å²) in [6.07, 6.45) is -1.23. The van der Waals surface area contributed by atoms with E-state index >= 15 is 0 Å². The van der Waals surface area contributed by atoms with Crippen molar-refractivity contribution < 1.29 is 24.9 Å². The van der Waals surface area contributed by atoms with Crippen LogP contribution in [0.4, 0.5) is 0 Å². The van der Waals surface area contributed by atoms with Crippen LogP contribution < -0.4 is 5.32 Å². The van der Waals surface area contributed by atoms with E-state index < -0.39 is 24.0 Å². The normalized spacial score (nSPS) is 13.7. The Morgan fingerprint density at radius 3 is 2.44 bits per heavy atom. The highest BCUT2D eigenvalue weighted by atomic mass is 79.9. The number of rotatable bonds is 4. The third-order valence-electron chi connectivity index (χ3n) is 2.24. The Morgan fingerprint density at radius 2 is 2.00 bits per heavy atom. The second-order valence-electron chi connectivity index (χ2n) is 3.70. The van der Waals surface area contributed by atoms with Crippen LogP contribution in [0.2, 0.25) is 0 Å². The SMILES string of the molecule is C[C@@H](O)[C@H](NC(=O)c1ccc(Br)c(O)c1)C(=O)O. The smallest absolute Gasteiger partial charge is 0.328 e. The van der Waals surface area contributed by atoms with Crippen molar-refractivity contribution in [3.63, 3.8) is 0 Å². The van der Waals surface area contributed by atoms with Gasteiger partial charge in [-0.2, -0.15) is 0 Å². The van der Waals surface area contributed by atoms with E-state index in [9.17, 15) is 19.8 Å². The van der Waals surface area contributed by atoms with Gasteiger partial charge in [-0.3, -0.25) is 4.79 Å². The predicted octanol–water partition coefficient (Wildman–Crippen LogP) is 0.718. The van der Waals surface area contributed by atoms with Gasteiger partial charge in [0.05, 0.1) is 10.6 Å². The van der Waals surface area contributed by atoms with E-state index in [2.05, 4.69) is 21.2 Å². The number of carbonyl (C=O) groups is 2. The summed E-state index contributed by atoms with van der Waals surface area (Å²) in [5.41, 5.74) is 0.0996. The highest BCUT2D eigenvalue weighted by Gasteiger charge is 2.25. The van der Waals surface area contributed by atoms with Crippen LogP contribution in [-0.4, -0.2) is 39.3 Å². The van der Waals surface area contributed by atoms with Crippen LogP contribution in [-0.2, 0) is 4.79 Å². The van der Waals surface area contributed by atoms with E-state index in [0.29, 0.717) is 4.47 Å². The van der Waals surface area contributed by atoms with Gasteiger partial charge in [-0.25, -0.2) is 4.79 Å². The number of aromatic hydroxyl groups is 1. The summed E-state index contributed by atoms with van der Waals surface area (Å²) >= 11 is 3.06. The topological polar surface area (TPSA) is 107 Å². The molecule has 6 nitrogen and oxygen atoms in total. The van der Waals surface area contributed by atoms with Gasteiger partial charge < -0.3 is 20.6 Å². The quantitative estimate of drug-likeness (QED) is 0.654. The molecular weight excluding hydrogens is 306 g/mol. The number of carbonyl (C=O) groups excluding carboxylic acids is 1. The molecule has 18 heavy (non-hydrogen) atoms. The lowest BCUT2D eigenvalue weighted by molar-refractivity contribution is -0.141. The molecule has 0 aromatic heterocycles. The average Bonchev–Trinajstić information content (AvgIpc) is 2.28. The summed E-state index contributed by atoms with van der Waals surface area (Å²) in [6, 6.07) is 2.67. The first kappa shape index (κ1) is 14.5. The number of phenolic OH excluding ortho intramolecular Hbond substituents is 1. The fourth-order valence-electron chi connectivity index (χ4n) is 1.27. The van der Waals surface area contributed by atoms with Crippen molar-refractivity contribution in [3.05, 3.63) is 28.2 Å². The van der Waals surface area contributed by atoms with Crippen molar-refractivity contribution in [2.75, 3.05) is 0 Å². The third-order valence-corrected chi connectivity index (χ3v) is 2.91. The van der Waals surface area contributed by atoms with Gasteiger partial charge >= 0.3 is 5.97 Å². The molecule has 0 aliphatic carbocycles. The molecule has 2 atom stereocenters. The standard InChI is InChI=1S/C11H12BrNO5/c1-5(14)9(11(17)18)13-10(16)6-2-3-7(12)8(15)4-6/h2-5,9,14-15H,1H3,(H,13,16)(H,17,18)/t5-,9+/m1/s1. The van der Waals surface area contributed by atoms with E-state index in [-0.39, 0.29) is 11.3 Å². The van der Waals surface area contributed by atoms with Gasteiger partial charge in [0, 0.05) is 5.56 Å². The Labute approximate surface area is 111 Å². The van der Waals surface area contributed by atoms with E-state index in [4.69, 9.17) is 5.11 Å². The molecule has 98 valence electrons. The van der Waals surface area contributed by atoms with E-state index in [1.54, 1.807) is 0 Å². The minimum Gasteiger partial charge on any atom is -0.507 e. The van der Waals surface area contributed by atoms with Crippen molar-refractivity contribution in [2.45, 2.75) is 19.1 Å². The molecule has 7 heteroatoms. The molecule has 0 saturated heterocycles. The first-order valence-corrected chi connectivity index (χ1v) is 5.82. The van der Waals surface area contributed by atoms with Crippen molar-refractivity contribution in [3.8, 4) is 5.75 Å². The van der Waals surface area contributed by atoms with Crippen LogP contribution in [0.25, 0.3) is 0 Å². The number of benzene rings is 1. The molecule has 0 fully saturated rings. The van der Waals surface area contributed by atoms with Crippen molar-refractivity contribution in [2.24, 2.45) is 0 Å². The Balaban J connectivity index is 2.87. The molecule has 0 aliphatic heterocycles. The maximum atomic E-state index is 11.7. The highest BCUT2D eigenvalue weighted by Crippen LogP contribution is 2.24. The van der Waals surface area contributed by atoms with Gasteiger partial charge in [-0.15, -0.1) is 0 Å². The number of halogens is 1. The van der Waals surface area contributed by atoms with E-state index in [1.165, 1.54) is 25.1 Å². The van der Waals surface area contributed by atoms with Crippen LogP contribution in [0.1, 0.15) is 17.3 Å². The van der Waals surface area contributed by atoms with Gasteiger partial charge in [0.1, 0.15) is 5.75 Å². The predicted molar refractivity (Wildman–Crippen MR) is 66.4 cm³/mol. The zero-order valence-electron chi connectivity index (χ0n) is 9.42. The molecule has 0 spiro atoms. The maximum absolute atomic E-state index is 11.7. The molecule has 0 unspecified atom stereocenters. The number of carboxylic acids is 1. The first-order valence-electron chi connectivity index (χ1n) is 5.03. The Kier molecular flexibility index (Phi) is 4.69. The second kappa shape index (κ2) is 5.83. The fourth-order valence-corrected chi connectivity index (χ4v) is 1.51. The Bertz CT molecular complexity index is 475. The summed E-state index contributed by atoms with van der Waals surface area (Å²) in [7, 11) is 0. The monoisotopic (exact) mass is 317 g/mol. The molecule has 0 heterocycles. The van der Waals surface area contributed by atoms with Crippen molar-refractivity contribution >= 4 is 27.8 Å². The van der Waals surface area contributed by atoms with Crippen LogP contribution in [0.5, 0.6) is 5.75 Å². The summed E-state index contributed by atoms with van der Waals surface area (Å²) in [5, 5.41) is 29.6. The molecular formula is C11H12BrNO5. The van der Waals surface area contributed by atoms with Crippen LogP contribution in [0.15, 0.2) is 22.7 Å². The number of hydrogen-bond donors (Lipinski definition) is 4. The van der Waals surface area contributed by atoms with Crippen molar-refractivity contribution in [1.82, 2.24) is 5.32 Å². The maximum Gasteiger partial charge on any atom is 0.328 e. The molecule has 1 aromatic carbocycles. The molecule has 0 bridgehead atoms. The largest absolute Gasteiger partial charge is 0.507 e. The van der Waals surface area contributed by atoms with Gasteiger partial charge in [0.25, 0.3) is 5.91 Å². The number of phenols is 1. The lowest BCUT2D eigenvalue weighted by Gasteiger charge is -2.17.